The van der Waals surface area contributed by atoms with E-state index in [-0.39, 0.29) is 24.9 Å². The van der Waals surface area contributed by atoms with Gasteiger partial charge in [0.1, 0.15) is 18.7 Å². The van der Waals surface area contributed by atoms with Gasteiger partial charge in [0, 0.05) is 24.5 Å². The van der Waals surface area contributed by atoms with Crippen LogP contribution in [-0.2, 0) is 32.1 Å². The molecule has 0 aliphatic heterocycles. The van der Waals surface area contributed by atoms with Gasteiger partial charge in [0.25, 0.3) is 0 Å². The van der Waals surface area contributed by atoms with Crippen LogP contribution in [0.3, 0.4) is 0 Å². The van der Waals surface area contributed by atoms with Gasteiger partial charge in [0.15, 0.2) is 0 Å². The third-order valence-electron chi connectivity index (χ3n) is 7.74. The summed E-state index contributed by atoms with van der Waals surface area (Å²) in [4.78, 5) is 52.8. The molecule has 3 N–H and O–H groups in total. The smallest absolute Gasteiger partial charge is 0.408 e. The molecule has 1 unspecified atom stereocenters. The predicted molar refractivity (Wildman–Crippen MR) is 161 cm³/mol. The molecule has 10 heteroatoms. The number of carbonyl (C=O) groups excluding carboxylic acids is 3. The van der Waals surface area contributed by atoms with Gasteiger partial charge in [0.05, 0.1) is 0 Å². The first-order valence-electron chi connectivity index (χ1n) is 14.6. The summed E-state index contributed by atoms with van der Waals surface area (Å²) in [6, 6.07) is 14.4. The number of hydrogen-bond donors (Lipinski definition) is 3. The normalized spacial score (nSPS) is 15.6. The molecule has 3 atom stereocenters. The number of halogens is 1. The quantitative estimate of drug-likeness (QED) is 0.274. The van der Waals surface area contributed by atoms with E-state index >= 15 is 0 Å². The van der Waals surface area contributed by atoms with Crippen LogP contribution in [0.4, 0.5) is 4.79 Å². The van der Waals surface area contributed by atoms with Crippen LogP contribution in [0.1, 0.15) is 63.0 Å². The standard InChI is InChI=1S/C32H42ClN3O6/c1-22(30(38)36(2)17-16-23-10-5-3-6-11-23)18-28(31(39)40)34-29(37)27(20-24-12-7-4-8-13-24)35-32(41)42-21-25-14-9-15-26(33)19-25/h3,5-6,9-11,14-15,19,22,24,27-28H,4,7-8,12-13,16-18,20-21H2,1-2H3,(H,34,37)(H,35,41)(H,39,40)/t22?,27-,28-/m0/s1. The van der Waals surface area contributed by atoms with Crippen molar-refractivity contribution in [1.29, 1.82) is 0 Å². The molecule has 0 radical (unpaired) electrons. The minimum atomic E-state index is -1.29. The SMILES string of the molecule is CC(C[C@H](NC(=O)[C@H](CC1CCCCC1)NC(=O)OCc1cccc(Cl)c1)C(=O)O)C(=O)N(C)CCc1ccccc1. The van der Waals surface area contributed by atoms with Gasteiger partial charge in [-0.05, 0) is 48.4 Å². The van der Waals surface area contributed by atoms with Crippen LogP contribution in [0.15, 0.2) is 54.6 Å². The number of aliphatic carboxylic acids is 1. The summed E-state index contributed by atoms with van der Waals surface area (Å²) in [5, 5.41) is 15.6. The summed E-state index contributed by atoms with van der Waals surface area (Å²) in [7, 11) is 1.69. The summed E-state index contributed by atoms with van der Waals surface area (Å²) in [6.45, 7) is 2.12. The number of carboxylic acids is 1. The molecule has 3 rings (SSSR count). The first-order chi connectivity index (χ1) is 20.1. The van der Waals surface area contributed by atoms with Gasteiger partial charge in [-0.25, -0.2) is 9.59 Å². The third-order valence-corrected chi connectivity index (χ3v) is 7.98. The monoisotopic (exact) mass is 599 g/mol. The average Bonchev–Trinajstić information content (AvgIpc) is 2.98. The first kappa shape index (κ1) is 32.9. The first-order valence-corrected chi connectivity index (χ1v) is 15.0. The van der Waals surface area contributed by atoms with Crippen LogP contribution in [0.25, 0.3) is 0 Å². The fourth-order valence-electron chi connectivity index (χ4n) is 5.32. The van der Waals surface area contributed by atoms with Crippen LogP contribution < -0.4 is 10.6 Å². The number of amides is 3. The van der Waals surface area contributed by atoms with Gasteiger partial charge in [-0.2, -0.15) is 0 Å². The van der Waals surface area contributed by atoms with Gasteiger partial charge in [-0.3, -0.25) is 9.59 Å². The minimum absolute atomic E-state index is 0.0284. The van der Waals surface area contributed by atoms with Crippen LogP contribution in [0, 0.1) is 11.8 Å². The Labute approximate surface area is 252 Å². The number of ether oxygens (including phenoxy) is 1. The Morgan fingerprint density at radius 1 is 0.976 bits per heavy atom. The maximum atomic E-state index is 13.4. The van der Waals surface area contributed by atoms with Gasteiger partial charge in [-0.15, -0.1) is 0 Å². The summed E-state index contributed by atoms with van der Waals surface area (Å²) in [6.07, 6.45) is 5.30. The second-order valence-corrected chi connectivity index (χ2v) is 11.6. The van der Waals surface area contributed by atoms with Crippen molar-refractivity contribution >= 4 is 35.5 Å². The lowest BCUT2D eigenvalue weighted by atomic mass is 9.84. The Hall–Kier alpha value is -3.59. The zero-order chi connectivity index (χ0) is 30.5. The van der Waals surface area contributed by atoms with Gasteiger partial charge in [0.2, 0.25) is 11.8 Å². The molecule has 1 fully saturated rings. The molecule has 2 aromatic carbocycles. The van der Waals surface area contributed by atoms with Crippen LogP contribution >= 0.6 is 11.6 Å². The molecule has 9 nitrogen and oxygen atoms in total. The number of nitrogens with zero attached hydrogens (tertiary/aromatic N) is 1. The van der Waals surface area contributed by atoms with Crippen molar-refractivity contribution in [3.63, 3.8) is 0 Å². The molecule has 228 valence electrons. The zero-order valence-electron chi connectivity index (χ0n) is 24.4. The molecular weight excluding hydrogens is 558 g/mol. The molecule has 1 saturated carbocycles. The highest BCUT2D eigenvalue weighted by molar-refractivity contribution is 6.30. The zero-order valence-corrected chi connectivity index (χ0v) is 25.1. The van der Waals surface area contributed by atoms with Crippen molar-refractivity contribution in [3.8, 4) is 0 Å². The lowest BCUT2D eigenvalue weighted by Gasteiger charge is -2.28. The lowest BCUT2D eigenvalue weighted by molar-refractivity contribution is -0.143. The number of nitrogens with one attached hydrogen (secondary N) is 2. The summed E-state index contributed by atoms with van der Waals surface area (Å²) in [5.41, 5.74) is 1.80. The Morgan fingerprint density at radius 2 is 1.67 bits per heavy atom. The average molecular weight is 600 g/mol. The maximum Gasteiger partial charge on any atom is 0.408 e. The van der Waals surface area contributed by atoms with E-state index in [1.807, 2.05) is 30.3 Å². The highest BCUT2D eigenvalue weighted by Gasteiger charge is 2.32. The maximum absolute atomic E-state index is 13.4. The summed E-state index contributed by atoms with van der Waals surface area (Å²) < 4.78 is 5.33. The third kappa shape index (κ3) is 11.0. The van der Waals surface area contributed by atoms with E-state index in [1.54, 1.807) is 43.1 Å². The molecule has 0 bridgehead atoms. The Kier molecular flexibility index (Phi) is 13.1. The van der Waals surface area contributed by atoms with Crippen molar-refractivity contribution in [3.05, 3.63) is 70.7 Å². The van der Waals surface area contributed by atoms with Crippen molar-refractivity contribution in [2.24, 2.45) is 11.8 Å². The molecule has 0 spiro atoms. The van der Waals surface area contributed by atoms with E-state index in [4.69, 9.17) is 16.3 Å². The Bertz CT molecular complexity index is 1190. The van der Waals surface area contributed by atoms with Crippen molar-refractivity contribution in [1.82, 2.24) is 15.5 Å². The number of carbonyl (C=O) groups is 4. The molecule has 3 amide bonds. The van der Waals surface area contributed by atoms with Crippen molar-refractivity contribution in [2.75, 3.05) is 13.6 Å². The molecular formula is C32H42ClN3O6. The van der Waals surface area contributed by atoms with Crippen molar-refractivity contribution in [2.45, 2.75) is 77.0 Å². The number of likely N-dealkylation sites (N-methyl/N-ethyl adjacent to an activating group) is 1. The van der Waals surface area contributed by atoms with Crippen molar-refractivity contribution < 1.29 is 29.0 Å². The Balaban J connectivity index is 1.59. The number of alkyl carbamates (subject to hydrolysis) is 1. The topological polar surface area (TPSA) is 125 Å². The molecule has 1 aliphatic carbocycles. The molecule has 1 aliphatic rings. The summed E-state index contributed by atoms with van der Waals surface area (Å²) in [5.74, 6) is -2.46. The second kappa shape index (κ2) is 16.8. The molecule has 0 saturated heterocycles. The molecule has 0 heterocycles. The Morgan fingerprint density at radius 3 is 2.33 bits per heavy atom. The number of carboxylic acid groups (broad SMARTS) is 1. The largest absolute Gasteiger partial charge is 0.480 e. The van der Waals surface area contributed by atoms with Crippen LogP contribution in [-0.4, -0.2) is 59.6 Å². The second-order valence-electron chi connectivity index (χ2n) is 11.2. The minimum Gasteiger partial charge on any atom is -0.480 e. The summed E-state index contributed by atoms with van der Waals surface area (Å²) >= 11 is 6.00. The number of hydrogen-bond acceptors (Lipinski definition) is 5. The molecule has 2 aromatic rings. The highest BCUT2D eigenvalue weighted by Crippen LogP contribution is 2.27. The van der Waals surface area contributed by atoms with E-state index in [0.29, 0.717) is 30.0 Å². The predicted octanol–water partition coefficient (Wildman–Crippen LogP) is 5.20. The van der Waals surface area contributed by atoms with E-state index in [9.17, 15) is 24.3 Å². The van der Waals surface area contributed by atoms with Gasteiger partial charge < -0.3 is 25.4 Å². The number of benzene rings is 2. The molecule has 42 heavy (non-hydrogen) atoms. The highest BCUT2D eigenvalue weighted by atomic mass is 35.5. The van der Waals surface area contributed by atoms with Gasteiger partial charge in [-0.1, -0.05) is 93.1 Å². The lowest BCUT2D eigenvalue weighted by Crippen LogP contribution is -2.53. The fourth-order valence-corrected chi connectivity index (χ4v) is 5.54. The van der Waals surface area contributed by atoms with E-state index in [1.165, 1.54) is 0 Å². The van der Waals surface area contributed by atoms with Crippen LogP contribution in [0.5, 0.6) is 0 Å². The van der Waals surface area contributed by atoms with E-state index < -0.39 is 36.0 Å². The number of rotatable bonds is 14. The van der Waals surface area contributed by atoms with Gasteiger partial charge >= 0.3 is 12.1 Å². The van der Waals surface area contributed by atoms with E-state index in [0.717, 1.165) is 37.7 Å². The van der Waals surface area contributed by atoms with Crippen LogP contribution in [0.2, 0.25) is 5.02 Å². The van der Waals surface area contributed by atoms with E-state index in [2.05, 4.69) is 10.6 Å². The molecule has 0 aromatic heterocycles. The fraction of sp³-hybridized carbons (Fsp3) is 0.500.